The molecule has 7 bridgehead atoms. The lowest BCUT2D eigenvalue weighted by Crippen LogP contribution is -2.79. The van der Waals surface area contributed by atoms with Gasteiger partial charge in [-0.3, -0.25) is 9.69 Å². The van der Waals surface area contributed by atoms with Gasteiger partial charge in [-0.15, -0.1) is 0 Å². The van der Waals surface area contributed by atoms with E-state index in [1.807, 2.05) is 30.3 Å². The second kappa shape index (κ2) is 11.7. The number of methoxy groups -OCH3 is 4. The number of rotatable bonds is 10. The fourth-order valence-corrected chi connectivity index (χ4v) is 12.3. The largest absolute Gasteiger partial charge is 0.462 e. The Morgan fingerprint density at radius 3 is 2.41 bits per heavy atom. The molecule has 1 aromatic rings. The summed E-state index contributed by atoms with van der Waals surface area (Å²) in [4.78, 5) is 29.3. The predicted molar refractivity (Wildman–Crippen MR) is 167 cm³/mol. The summed E-state index contributed by atoms with van der Waals surface area (Å²) in [5.74, 6) is -1.66. The molecule has 5 saturated carbocycles. The molecule has 1 saturated heterocycles. The molecular formula is C36H49NO9. The fourth-order valence-electron chi connectivity index (χ4n) is 12.3. The molecule has 6 aliphatic rings. The number of esters is 2. The molecule has 0 radical (unpaired) electrons. The number of carbonyl (C=O) groups excluding carboxylic acids is 2. The lowest BCUT2D eigenvalue weighted by molar-refractivity contribution is -0.297. The van der Waals surface area contributed by atoms with E-state index in [4.69, 9.17) is 28.4 Å². The Morgan fingerprint density at radius 2 is 1.78 bits per heavy atom. The van der Waals surface area contributed by atoms with Crippen molar-refractivity contribution in [3.63, 3.8) is 0 Å². The maximum absolute atomic E-state index is 14.1. The minimum Gasteiger partial charge on any atom is -0.462 e. The summed E-state index contributed by atoms with van der Waals surface area (Å²) in [5, 5.41) is 12.1. The zero-order chi connectivity index (χ0) is 32.6. The highest BCUT2D eigenvalue weighted by Crippen LogP contribution is 2.80. The lowest BCUT2D eigenvalue weighted by atomic mass is 9.42. The Bertz CT molecular complexity index is 1360. The lowest BCUT2D eigenvalue weighted by Gasteiger charge is -2.70. The number of carbonyl (C=O) groups is 2. The van der Waals surface area contributed by atoms with Gasteiger partial charge in [0.15, 0.2) is 0 Å². The average Bonchev–Trinajstić information content (AvgIpc) is 3.46. The van der Waals surface area contributed by atoms with Crippen LogP contribution in [-0.2, 0) is 38.0 Å². The smallest absolute Gasteiger partial charge is 0.331 e. The van der Waals surface area contributed by atoms with E-state index in [-0.39, 0.29) is 59.9 Å². The summed E-state index contributed by atoms with van der Waals surface area (Å²) in [6.45, 7) is 5.35. The number of fused-ring (bicyclic) bond motifs is 2. The minimum absolute atomic E-state index is 0.0534. The monoisotopic (exact) mass is 639 g/mol. The van der Waals surface area contributed by atoms with Crippen LogP contribution in [0.1, 0.15) is 38.7 Å². The van der Waals surface area contributed by atoms with Gasteiger partial charge in [-0.1, -0.05) is 37.3 Å². The van der Waals surface area contributed by atoms with Gasteiger partial charge in [0.25, 0.3) is 0 Å². The zero-order valence-electron chi connectivity index (χ0n) is 27.8. The predicted octanol–water partition coefficient (Wildman–Crippen LogP) is 2.96. The first-order chi connectivity index (χ1) is 22.2. The Morgan fingerprint density at radius 1 is 1.02 bits per heavy atom. The molecular weight excluding hydrogens is 590 g/mol. The Hall–Kier alpha value is -2.34. The highest BCUT2D eigenvalue weighted by Gasteiger charge is 2.89. The van der Waals surface area contributed by atoms with Gasteiger partial charge in [-0.25, -0.2) is 4.79 Å². The van der Waals surface area contributed by atoms with Crippen LogP contribution in [0.25, 0.3) is 6.08 Å². The maximum Gasteiger partial charge on any atom is 0.331 e. The zero-order valence-corrected chi connectivity index (χ0v) is 27.8. The second-order valence-corrected chi connectivity index (χ2v) is 14.6. The van der Waals surface area contributed by atoms with Gasteiger partial charge in [0.2, 0.25) is 0 Å². The van der Waals surface area contributed by atoms with Crippen molar-refractivity contribution in [2.75, 3.05) is 48.1 Å². The molecule has 10 nitrogen and oxygen atoms in total. The number of aliphatic hydroxyl groups is 1. The fraction of sp³-hybridized carbons (Fsp3) is 0.722. The number of likely N-dealkylation sites (tertiary alicyclic amines) is 1. The molecule has 1 heterocycles. The second-order valence-electron chi connectivity index (χ2n) is 14.6. The van der Waals surface area contributed by atoms with Gasteiger partial charge in [0.1, 0.15) is 11.7 Å². The molecule has 252 valence electrons. The summed E-state index contributed by atoms with van der Waals surface area (Å²) in [6.07, 6.45) is 2.81. The molecule has 5 aliphatic carbocycles. The standard InChI is InChI=1S/C36H49NO9/c1-7-37-18-34(19-41-3)25(39)16-26(43-5)36-23-15-22-24(42-4)17-35(28(23)30(22)45-20(2)38,29(33(36)37)31(44-6)32(34)36)46-27(40)14-13-21-11-9-8-10-12-21/h8-14,22-26,28-33,39H,7,15-19H2,1-6H3/b14-13+/t22-,23-,24+,25-,26+,28-,29+,30+,31+,32-,33-,34+,35-,36+/m1/s1. The molecule has 1 aromatic carbocycles. The number of piperidine rings is 1. The van der Waals surface area contributed by atoms with Crippen LogP contribution in [0, 0.1) is 40.4 Å². The van der Waals surface area contributed by atoms with E-state index < -0.39 is 34.6 Å². The summed E-state index contributed by atoms with van der Waals surface area (Å²) < 4.78 is 38.4. The normalized spacial score (nSPS) is 46.8. The first-order valence-corrected chi connectivity index (χ1v) is 16.8. The molecule has 46 heavy (non-hydrogen) atoms. The van der Waals surface area contributed by atoms with Crippen molar-refractivity contribution < 1.29 is 43.1 Å². The van der Waals surface area contributed by atoms with Crippen molar-refractivity contribution in [1.29, 1.82) is 0 Å². The summed E-state index contributed by atoms with van der Waals surface area (Å²) >= 11 is 0. The van der Waals surface area contributed by atoms with Crippen LogP contribution in [0.15, 0.2) is 36.4 Å². The summed E-state index contributed by atoms with van der Waals surface area (Å²) in [7, 11) is 6.88. The molecule has 1 spiro atoms. The van der Waals surface area contributed by atoms with Crippen LogP contribution in [0.5, 0.6) is 0 Å². The van der Waals surface area contributed by atoms with Crippen molar-refractivity contribution in [3.05, 3.63) is 42.0 Å². The third kappa shape index (κ3) is 4.10. The van der Waals surface area contributed by atoms with E-state index in [1.54, 1.807) is 34.5 Å². The van der Waals surface area contributed by atoms with Crippen molar-refractivity contribution >= 4 is 18.0 Å². The van der Waals surface area contributed by atoms with Crippen LogP contribution in [-0.4, -0.2) is 112 Å². The third-order valence-electron chi connectivity index (χ3n) is 13.2. The van der Waals surface area contributed by atoms with E-state index in [0.29, 0.717) is 26.0 Å². The van der Waals surface area contributed by atoms with Crippen LogP contribution >= 0.6 is 0 Å². The van der Waals surface area contributed by atoms with Gasteiger partial charge >= 0.3 is 11.9 Å². The highest BCUT2D eigenvalue weighted by atomic mass is 16.6. The molecule has 0 amide bonds. The third-order valence-corrected chi connectivity index (χ3v) is 13.2. The molecule has 6 fully saturated rings. The molecule has 0 aromatic heterocycles. The Labute approximate surface area is 271 Å². The van der Waals surface area contributed by atoms with Gasteiger partial charge in [-0.2, -0.15) is 0 Å². The highest BCUT2D eigenvalue weighted by molar-refractivity contribution is 5.87. The quantitative estimate of drug-likeness (QED) is 0.303. The van der Waals surface area contributed by atoms with Gasteiger partial charge in [0.05, 0.1) is 31.0 Å². The molecule has 10 heteroatoms. The molecule has 0 unspecified atom stereocenters. The van der Waals surface area contributed by atoms with Crippen molar-refractivity contribution in [3.8, 4) is 0 Å². The van der Waals surface area contributed by atoms with Crippen LogP contribution in [0.4, 0.5) is 0 Å². The number of nitrogens with zero attached hydrogens (tertiary/aromatic N) is 1. The van der Waals surface area contributed by atoms with Gasteiger partial charge in [-0.05, 0) is 30.5 Å². The van der Waals surface area contributed by atoms with Crippen molar-refractivity contribution in [2.24, 2.45) is 40.4 Å². The molecule has 7 rings (SSSR count). The van der Waals surface area contributed by atoms with Crippen LogP contribution < -0.4 is 0 Å². The first kappa shape index (κ1) is 32.2. The molecule has 1 aliphatic heterocycles. The van der Waals surface area contributed by atoms with Crippen LogP contribution in [0.2, 0.25) is 0 Å². The first-order valence-electron chi connectivity index (χ1n) is 16.8. The van der Waals surface area contributed by atoms with Crippen LogP contribution in [0.3, 0.4) is 0 Å². The average molecular weight is 640 g/mol. The number of benzene rings is 1. The minimum atomic E-state index is -1.07. The maximum atomic E-state index is 14.1. The van der Waals surface area contributed by atoms with E-state index in [0.717, 1.165) is 18.5 Å². The number of ether oxygens (including phenoxy) is 6. The number of hydrogen-bond donors (Lipinski definition) is 1. The van der Waals surface area contributed by atoms with E-state index >= 15 is 0 Å². The topological polar surface area (TPSA) is 113 Å². The molecule has 14 atom stereocenters. The van der Waals surface area contributed by atoms with Crippen molar-refractivity contribution in [1.82, 2.24) is 4.90 Å². The summed E-state index contributed by atoms with van der Waals surface area (Å²) in [6, 6.07) is 9.61. The van der Waals surface area contributed by atoms with Gasteiger partial charge in [0, 0.05) is 101 Å². The number of aliphatic hydroxyl groups excluding tert-OH is 1. The van der Waals surface area contributed by atoms with Crippen molar-refractivity contribution in [2.45, 2.75) is 75.3 Å². The van der Waals surface area contributed by atoms with E-state index in [1.165, 1.54) is 13.0 Å². The van der Waals surface area contributed by atoms with E-state index in [2.05, 4.69) is 11.8 Å². The summed E-state index contributed by atoms with van der Waals surface area (Å²) in [5.41, 5.74) is -1.27. The number of hydrogen-bond acceptors (Lipinski definition) is 10. The Balaban J connectivity index is 1.46. The SMILES string of the molecule is CCN1C[C@]2(COC)[C@H](O)C[C@H](OC)[C@@]34[C@@H]5C[C@H]6[C@H](OC(C)=O)[C@@H]5[C@](OC(=O)/C=C/c5ccccc5)(C[C@@H]6OC)[C@@H]([C@H](OC)[C@H]23)[C@@H]14. The molecule has 1 N–H and O–H groups in total. The van der Waals surface area contributed by atoms with E-state index in [9.17, 15) is 14.7 Å². The van der Waals surface area contributed by atoms with Gasteiger partial charge < -0.3 is 33.5 Å². The Kier molecular flexibility index (Phi) is 8.17.